The minimum atomic E-state index is -3.39. The minimum absolute atomic E-state index is 0.0266. The van der Waals surface area contributed by atoms with Crippen molar-refractivity contribution >= 4 is 10.8 Å². The van der Waals surface area contributed by atoms with E-state index in [1.807, 2.05) is 0 Å². The average molecular weight is 466 g/mol. The Labute approximate surface area is 188 Å². The molecule has 0 amide bonds. The SMILES string of the molecule is CCCC1CCC(c2cc(F)c(-c3ccc4c(F)c(OC(F)F)c(F)cc4c3)c(F)c2)CC1. The number of fused-ring (bicyclic) bond motifs is 1. The van der Waals surface area contributed by atoms with Gasteiger partial charge in [-0.2, -0.15) is 8.78 Å². The molecule has 0 aliphatic heterocycles. The molecule has 1 saturated carbocycles. The van der Waals surface area contributed by atoms with Gasteiger partial charge in [0.05, 0.1) is 5.56 Å². The topological polar surface area (TPSA) is 9.23 Å². The molecule has 0 atom stereocenters. The predicted octanol–water partition coefficient (Wildman–Crippen LogP) is 8.74. The smallest absolute Gasteiger partial charge is 0.387 e. The molecule has 1 aliphatic carbocycles. The van der Waals surface area contributed by atoms with E-state index in [9.17, 15) is 17.6 Å². The monoisotopic (exact) mass is 466 g/mol. The second-order valence-corrected chi connectivity index (χ2v) is 8.68. The fraction of sp³-hybridized carbons (Fsp3) is 0.385. The highest BCUT2D eigenvalue weighted by Gasteiger charge is 2.25. The van der Waals surface area contributed by atoms with E-state index in [2.05, 4.69) is 11.7 Å². The van der Waals surface area contributed by atoms with Gasteiger partial charge in [0.2, 0.25) is 0 Å². The Morgan fingerprint density at radius 3 is 2.15 bits per heavy atom. The van der Waals surface area contributed by atoms with Crippen LogP contribution < -0.4 is 4.74 Å². The van der Waals surface area contributed by atoms with Crippen LogP contribution in [-0.2, 0) is 0 Å². The van der Waals surface area contributed by atoms with Gasteiger partial charge >= 0.3 is 6.61 Å². The number of alkyl halides is 2. The van der Waals surface area contributed by atoms with E-state index in [1.54, 1.807) is 0 Å². The van der Waals surface area contributed by atoms with Gasteiger partial charge in [0.25, 0.3) is 0 Å². The summed E-state index contributed by atoms with van der Waals surface area (Å²) in [6.07, 6.45) is 6.17. The number of benzene rings is 3. The molecule has 0 bridgehead atoms. The van der Waals surface area contributed by atoms with Crippen molar-refractivity contribution in [1.29, 1.82) is 0 Å². The Morgan fingerprint density at radius 1 is 0.879 bits per heavy atom. The van der Waals surface area contributed by atoms with Crippen molar-refractivity contribution < 1.29 is 31.1 Å². The van der Waals surface area contributed by atoms with Crippen molar-refractivity contribution in [1.82, 2.24) is 0 Å². The zero-order chi connectivity index (χ0) is 23.7. The fourth-order valence-electron chi connectivity index (χ4n) is 4.96. The second-order valence-electron chi connectivity index (χ2n) is 8.68. The third-order valence-corrected chi connectivity index (χ3v) is 6.56. The maximum absolute atomic E-state index is 15.0. The molecule has 1 aliphatic rings. The first-order chi connectivity index (χ1) is 15.8. The molecule has 3 aromatic carbocycles. The lowest BCUT2D eigenvalue weighted by Gasteiger charge is -2.29. The molecule has 0 unspecified atom stereocenters. The molecule has 1 nitrogen and oxygen atoms in total. The van der Waals surface area contributed by atoms with Crippen molar-refractivity contribution in [3.63, 3.8) is 0 Å². The molecule has 7 heteroatoms. The summed E-state index contributed by atoms with van der Waals surface area (Å²) < 4.78 is 87.4. The Morgan fingerprint density at radius 2 is 1.55 bits per heavy atom. The van der Waals surface area contributed by atoms with Crippen LogP contribution >= 0.6 is 0 Å². The van der Waals surface area contributed by atoms with Crippen molar-refractivity contribution in [3.05, 3.63) is 65.2 Å². The molecule has 3 aromatic rings. The third kappa shape index (κ3) is 4.82. The van der Waals surface area contributed by atoms with Crippen molar-refractivity contribution in [2.75, 3.05) is 0 Å². The molecule has 0 spiro atoms. The third-order valence-electron chi connectivity index (χ3n) is 6.56. The number of hydrogen-bond acceptors (Lipinski definition) is 1. The summed E-state index contributed by atoms with van der Waals surface area (Å²) in [5, 5.41) is -0.224. The Bertz CT molecular complexity index is 1130. The van der Waals surface area contributed by atoms with Crippen LogP contribution in [0.15, 0.2) is 36.4 Å². The maximum atomic E-state index is 15.0. The van der Waals surface area contributed by atoms with Gasteiger partial charge in [-0.3, -0.25) is 0 Å². The van der Waals surface area contributed by atoms with Gasteiger partial charge in [-0.15, -0.1) is 0 Å². The summed E-state index contributed by atoms with van der Waals surface area (Å²) in [5.41, 5.74) is 0.418. The van der Waals surface area contributed by atoms with Gasteiger partial charge < -0.3 is 4.74 Å². The Kier molecular flexibility index (Phi) is 6.86. The van der Waals surface area contributed by atoms with E-state index in [1.165, 1.54) is 36.8 Å². The number of ether oxygens (including phenoxy) is 1. The molecule has 0 saturated heterocycles. The highest BCUT2D eigenvalue weighted by Crippen LogP contribution is 2.40. The van der Waals surface area contributed by atoms with Crippen LogP contribution in [0.5, 0.6) is 5.75 Å². The molecule has 0 radical (unpaired) electrons. The predicted molar refractivity (Wildman–Crippen MR) is 115 cm³/mol. The largest absolute Gasteiger partial charge is 0.429 e. The fourth-order valence-corrected chi connectivity index (χ4v) is 4.96. The summed E-state index contributed by atoms with van der Waals surface area (Å²) in [4.78, 5) is 0. The second kappa shape index (κ2) is 9.65. The number of hydrogen-bond donors (Lipinski definition) is 0. The molecule has 0 aromatic heterocycles. The summed E-state index contributed by atoms with van der Waals surface area (Å²) in [6.45, 7) is -1.24. The maximum Gasteiger partial charge on any atom is 0.387 e. The van der Waals surface area contributed by atoms with Crippen LogP contribution in [0.25, 0.3) is 21.9 Å². The summed E-state index contributed by atoms with van der Waals surface area (Å²) >= 11 is 0. The van der Waals surface area contributed by atoms with E-state index in [0.29, 0.717) is 11.5 Å². The molecule has 176 valence electrons. The van der Waals surface area contributed by atoms with Crippen LogP contribution in [0, 0.1) is 29.2 Å². The zero-order valence-corrected chi connectivity index (χ0v) is 18.1. The first-order valence-corrected chi connectivity index (χ1v) is 11.1. The van der Waals surface area contributed by atoms with E-state index in [-0.39, 0.29) is 27.8 Å². The summed E-state index contributed by atoms with van der Waals surface area (Å²) in [7, 11) is 0. The van der Waals surface area contributed by atoms with E-state index >= 15 is 8.78 Å². The lowest BCUT2D eigenvalue weighted by atomic mass is 9.77. The normalized spacial score (nSPS) is 18.8. The highest BCUT2D eigenvalue weighted by atomic mass is 19.3. The highest BCUT2D eigenvalue weighted by molar-refractivity contribution is 5.89. The molecular formula is C26H24F6O. The Balaban J connectivity index is 1.65. The van der Waals surface area contributed by atoms with E-state index in [4.69, 9.17) is 0 Å². The zero-order valence-electron chi connectivity index (χ0n) is 18.1. The van der Waals surface area contributed by atoms with Gasteiger partial charge in [-0.1, -0.05) is 31.9 Å². The van der Waals surface area contributed by atoms with Crippen LogP contribution in [0.4, 0.5) is 26.3 Å². The minimum Gasteiger partial charge on any atom is -0.429 e. The molecular weight excluding hydrogens is 442 g/mol. The quantitative estimate of drug-likeness (QED) is 0.330. The lowest BCUT2D eigenvalue weighted by molar-refractivity contribution is -0.0544. The molecule has 0 N–H and O–H groups in total. The van der Waals surface area contributed by atoms with Gasteiger partial charge in [-0.05, 0) is 78.3 Å². The summed E-state index contributed by atoms with van der Waals surface area (Å²) in [5.74, 6) is -4.55. The van der Waals surface area contributed by atoms with Crippen LogP contribution in [0.1, 0.15) is 56.9 Å². The van der Waals surface area contributed by atoms with Crippen molar-refractivity contribution in [3.8, 4) is 16.9 Å². The standard InChI is InChI=1S/C26H24F6O/c1-2-3-14-4-6-15(7-5-14)17-11-20(27)23(21(28)12-17)16-8-9-19-18(10-16)13-22(29)25(24(19)30)33-26(31)32/h8-15,26H,2-7H2,1H3. The number of rotatable bonds is 6. The first kappa shape index (κ1) is 23.5. The molecule has 33 heavy (non-hydrogen) atoms. The van der Waals surface area contributed by atoms with Gasteiger partial charge in [-0.25, -0.2) is 17.6 Å². The van der Waals surface area contributed by atoms with Crippen molar-refractivity contribution in [2.45, 2.75) is 58.0 Å². The average Bonchev–Trinajstić information content (AvgIpc) is 2.76. The van der Waals surface area contributed by atoms with Crippen LogP contribution in [-0.4, -0.2) is 6.61 Å². The van der Waals surface area contributed by atoms with Crippen molar-refractivity contribution in [2.24, 2.45) is 5.92 Å². The van der Waals surface area contributed by atoms with Crippen LogP contribution in [0.2, 0.25) is 0 Å². The molecule has 1 fully saturated rings. The van der Waals surface area contributed by atoms with Crippen LogP contribution in [0.3, 0.4) is 0 Å². The van der Waals surface area contributed by atoms with E-state index in [0.717, 1.165) is 38.2 Å². The first-order valence-electron chi connectivity index (χ1n) is 11.1. The lowest BCUT2D eigenvalue weighted by Crippen LogP contribution is -2.13. The number of halogens is 6. The Hall–Kier alpha value is -2.70. The summed E-state index contributed by atoms with van der Waals surface area (Å²) in [6, 6.07) is 7.15. The van der Waals surface area contributed by atoms with E-state index < -0.39 is 35.6 Å². The van der Waals surface area contributed by atoms with Gasteiger partial charge in [0.1, 0.15) is 11.6 Å². The molecule has 4 rings (SSSR count). The molecule has 0 heterocycles. The van der Waals surface area contributed by atoms with Gasteiger partial charge in [0.15, 0.2) is 17.4 Å². The van der Waals surface area contributed by atoms with Gasteiger partial charge in [0, 0.05) is 5.39 Å².